The highest BCUT2D eigenvalue weighted by atomic mass is 35.5. The molecule has 0 unspecified atom stereocenters. The third-order valence-electron chi connectivity index (χ3n) is 4.51. The van der Waals surface area contributed by atoms with Crippen molar-refractivity contribution in [3.8, 4) is 5.75 Å². The van der Waals surface area contributed by atoms with E-state index >= 15 is 0 Å². The second-order valence-electron chi connectivity index (χ2n) is 6.65. The van der Waals surface area contributed by atoms with Crippen molar-refractivity contribution in [3.05, 3.63) is 101 Å². The second kappa shape index (κ2) is 8.80. The number of hydrogen-bond donors (Lipinski definition) is 1. The zero-order chi connectivity index (χ0) is 20.1. The van der Waals surface area contributed by atoms with Crippen molar-refractivity contribution in [1.82, 2.24) is 14.7 Å². The predicted octanol–water partition coefficient (Wildman–Crippen LogP) is 4.54. The van der Waals surface area contributed by atoms with Gasteiger partial charge in [-0.15, -0.1) is 0 Å². The SMILES string of the molecule is O=C(NCCc1cccc(Cl)c1)c1ccc(OCc2cn3ccccc3n2)cc1. The molecular formula is C23H20ClN3O2. The highest BCUT2D eigenvalue weighted by molar-refractivity contribution is 6.30. The van der Waals surface area contributed by atoms with Gasteiger partial charge in [0, 0.05) is 29.5 Å². The maximum absolute atomic E-state index is 12.3. The van der Waals surface area contributed by atoms with Crippen molar-refractivity contribution in [2.75, 3.05) is 6.54 Å². The molecule has 146 valence electrons. The first-order valence-electron chi connectivity index (χ1n) is 9.35. The van der Waals surface area contributed by atoms with Crippen LogP contribution in [0.1, 0.15) is 21.6 Å². The fraction of sp³-hybridized carbons (Fsp3) is 0.130. The zero-order valence-corrected chi connectivity index (χ0v) is 16.5. The van der Waals surface area contributed by atoms with E-state index in [-0.39, 0.29) is 5.91 Å². The Labute approximate surface area is 173 Å². The van der Waals surface area contributed by atoms with Crippen molar-refractivity contribution in [3.63, 3.8) is 0 Å². The Kier molecular flexibility index (Phi) is 5.77. The smallest absolute Gasteiger partial charge is 0.251 e. The number of pyridine rings is 1. The van der Waals surface area contributed by atoms with Gasteiger partial charge in [-0.25, -0.2) is 4.98 Å². The maximum atomic E-state index is 12.3. The molecule has 0 saturated carbocycles. The fourth-order valence-corrected chi connectivity index (χ4v) is 3.24. The van der Waals surface area contributed by atoms with Crippen LogP contribution in [0.3, 0.4) is 0 Å². The number of carbonyl (C=O) groups excluding carboxylic acids is 1. The molecule has 4 rings (SSSR count). The lowest BCUT2D eigenvalue weighted by molar-refractivity contribution is 0.0954. The Balaban J connectivity index is 1.28. The fourth-order valence-electron chi connectivity index (χ4n) is 3.03. The summed E-state index contributed by atoms with van der Waals surface area (Å²) in [6.45, 7) is 0.915. The minimum absolute atomic E-state index is 0.112. The first kappa shape index (κ1) is 19.0. The molecule has 0 spiro atoms. The van der Waals surface area contributed by atoms with E-state index in [0.29, 0.717) is 29.5 Å². The van der Waals surface area contributed by atoms with E-state index in [1.807, 2.05) is 59.3 Å². The van der Waals surface area contributed by atoms with Crippen LogP contribution in [0.15, 0.2) is 79.1 Å². The van der Waals surface area contributed by atoms with E-state index in [9.17, 15) is 4.79 Å². The summed E-state index contributed by atoms with van der Waals surface area (Å²) in [5.74, 6) is 0.580. The second-order valence-corrected chi connectivity index (χ2v) is 7.08. The summed E-state index contributed by atoms with van der Waals surface area (Å²) in [7, 11) is 0. The molecular weight excluding hydrogens is 386 g/mol. The van der Waals surface area contributed by atoms with Crippen LogP contribution in [0, 0.1) is 0 Å². The van der Waals surface area contributed by atoms with Gasteiger partial charge in [0.1, 0.15) is 18.0 Å². The van der Waals surface area contributed by atoms with Crippen LogP contribution in [-0.4, -0.2) is 21.8 Å². The molecule has 1 N–H and O–H groups in total. The van der Waals surface area contributed by atoms with Crippen LogP contribution < -0.4 is 10.1 Å². The zero-order valence-electron chi connectivity index (χ0n) is 15.7. The molecule has 2 heterocycles. The largest absolute Gasteiger partial charge is 0.487 e. The van der Waals surface area contributed by atoms with E-state index in [4.69, 9.17) is 16.3 Å². The predicted molar refractivity (Wildman–Crippen MR) is 113 cm³/mol. The molecule has 0 radical (unpaired) electrons. The molecule has 0 fully saturated rings. The Morgan fingerprint density at radius 3 is 2.72 bits per heavy atom. The molecule has 6 heteroatoms. The minimum Gasteiger partial charge on any atom is -0.487 e. The summed E-state index contributed by atoms with van der Waals surface area (Å²) in [6, 6.07) is 20.6. The molecule has 0 saturated heterocycles. The summed E-state index contributed by atoms with van der Waals surface area (Å²) in [4.78, 5) is 16.8. The van der Waals surface area contributed by atoms with Crippen molar-refractivity contribution >= 4 is 23.2 Å². The summed E-state index contributed by atoms with van der Waals surface area (Å²) in [6.07, 6.45) is 4.62. The minimum atomic E-state index is -0.112. The topological polar surface area (TPSA) is 55.6 Å². The average molecular weight is 406 g/mol. The van der Waals surface area contributed by atoms with Gasteiger partial charge >= 0.3 is 0 Å². The molecule has 0 atom stereocenters. The monoisotopic (exact) mass is 405 g/mol. The van der Waals surface area contributed by atoms with Crippen molar-refractivity contribution < 1.29 is 9.53 Å². The van der Waals surface area contributed by atoms with Gasteiger partial charge in [-0.3, -0.25) is 4.79 Å². The number of carbonyl (C=O) groups is 1. The molecule has 5 nitrogen and oxygen atoms in total. The molecule has 2 aromatic carbocycles. The quantitative estimate of drug-likeness (QED) is 0.491. The molecule has 1 amide bonds. The van der Waals surface area contributed by atoms with Gasteiger partial charge < -0.3 is 14.5 Å². The first-order chi connectivity index (χ1) is 14.2. The maximum Gasteiger partial charge on any atom is 0.251 e. The van der Waals surface area contributed by atoms with E-state index in [1.54, 1.807) is 24.3 Å². The number of hydrogen-bond acceptors (Lipinski definition) is 3. The van der Waals surface area contributed by atoms with Gasteiger partial charge in [0.05, 0.1) is 5.69 Å². The molecule has 29 heavy (non-hydrogen) atoms. The van der Waals surface area contributed by atoms with Crippen LogP contribution in [0.4, 0.5) is 0 Å². The third-order valence-corrected chi connectivity index (χ3v) is 4.74. The summed E-state index contributed by atoms with van der Waals surface area (Å²) < 4.78 is 7.74. The van der Waals surface area contributed by atoms with Crippen molar-refractivity contribution in [2.24, 2.45) is 0 Å². The van der Waals surface area contributed by atoms with Gasteiger partial charge in [0.2, 0.25) is 0 Å². The lowest BCUT2D eigenvalue weighted by atomic mass is 10.1. The number of imidazole rings is 1. The van der Waals surface area contributed by atoms with Gasteiger partial charge in [-0.2, -0.15) is 0 Å². The number of fused-ring (bicyclic) bond motifs is 1. The summed E-state index contributed by atoms with van der Waals surface area (Å²) >= 11 is 5.98. The molecule has 2 aromatic heterocycles. The van der Waals surface area contributed by atoms with Gasteiger partial charge in [0.15, 0.2) is 0 Å². The average Bonchev–Trinajstić information content (AvgIpc) is 3.16. The standard InChI is InChI=1S/C23H20ClN3O2/c24-19-5-3-4-17(14-19)11-12-25-23(28)18-7-9-21(10-8-18)29-16-20-15-27-13-2-1-6-22(27)26-20/h1-10,13-15H,11-12,16H2,(H,25,28). The van der Waals surface area contributed by atoms with Gasteiger partial charge in [0.25, 0.3) is 5.91 Å². The number of ether oxygens (including phenoxy) is 1. The number of amides is 1. The molecule has 4 aromatic rings. The Morgan fingerprint density at radius 1 is 1.07 bits per heavy atom. The highest BCUT2D eigenvalue weighted by Gasteiger charge is 2.06. The van der Waals surface area contributed by atoms with Gasteiger partial charge in [-0.1, -0.05) is 29.8 Å². The number of rotatable bonds is 7. The van der Waals surface area contributed by atoms with Crippen molar-refractivity contribution in [2.45, 2.75) is 13.0 Å². The van der Waals surface area contributed by atoms with E-state index in [2.05, 4.69) is 10.3 Å². The van der Waals surface area contributed by atoms with E-state index in [1.165, 1.54) is 0 Å². The van der Waals surface area contributed by atoms with E-state index in [0.717, 1.165) is 23.3 Å². The van der Waals surface area contributed by atoms with Crippen LogP contribution >= 0.6 is 11.6 Å². The molecule has 0 aliphatic rings. The molecule has 0 bridgehead atoms. The highest BCUT2D eigenvalue weighted by Crippen LogP contribution is 2.15. The lowest BCUT2D eigenvalue weighted by Gasteiger charge is -2.07. The third kappa shape index (κ3) is 4.95. The van der Waals surface area contributed by atoms with Crippen molar-refractivity contribution in [1.29, 1.82) is 0 Å². The first-order valence-corrected chi connectivity index (χ1v) is 9.73. The van der Waals surface area contributed by atoms with Crippen LogP contribution in [0.2, 0.25) is 5.02 Å². The molecule has 0 aliphatic carbocycles. The van der Waals surface area contributed by atoms with Gasteiger partial charge in [-0.05, 0) is 60.5 Å². The Morgan fingerprint density at radius 2 is 1.93 bits per heavy atom. The number of nitrogens with zero attached hydrogens (tertiary/aromatic N) is 2. The normalized spacial score (nSPS) is 10.8. The lowest BCUT2D eigenvalue weighted by Crippen LogP contribution is -2.25. The molecule has 0 aliphatic heterocycles. The number of benzene rings is 2. The van der Waals surface area contributed by atoms with E-state index < -0.39 is 0 Å². The summed E-state index contributed by atoms with van der Waals surface area (Å²) in [5.41, 5.74) is 3.42. The summed E-state index contributed by atoms with van der Waals surface area (Å²) in [5, 5.41) is 3.63. The number of nitrogens with one attached hydrogen (secondary N) is 1. The number of aromatic nitrogens is 2. The Bertz CT molecular complexity index is 1090. The van der Waals surface area contributed by atoms with Crippen LogP contribution in [0.5, 0.6) is 5.75 Å². The number of halogens is 1. The van der Waals surface area contributed by atoms with Crippen LogP contribution in [-0.2, 0) is 13.0 Å². The van der Waals surface area contributed by atoms with Crippen LogP contribution in [0.25, 0.3) is 5.65 Å². The Hall–Kier alpha value is -3.31.